The molecule has 2 nitrogen and oxygen atoms in total. The van der Waals surface area contributed by atoms with Crippen LogP contribution in [-0.2, 0) is 6.42 Å². The zero-order valence-electron chi connectivity index (χ0n) is 7.48. The van der Waals surface area contributed by atoms with Crippen LogP contribution in [0.25, 0.3) is 0 Å². The third kappa shape index (κ3) is 3.73. The first kappa shape index (κ1) is 9.76. The molecule has 0 spiro atoms. The summed E-state index contributed by atoms with van der Waals surface area (Å²) >= 11 is 0. The Labute approximate surface area is 78.4 Å². The van der Waals surface area contributed by atoms with E-state index in [1.807, 2.05) is 36.4 Å². The topological polar surface area (TPSA) is 44.0 Å². The van der Waals surface area contributed by atoms with Gasteiger partial charge in [-0.3, -0.25) is 0 Å². The summed E-state index contributed by atoms with van der Waals surface area (Å²) in [6.45, 7) is 0. The summed E-state index contributed by atoms with van der Waals surface area (Å²) < 4.78 is 0. The van der Waals surface area contributed by atoms with Crippen molar-refractivity contribution in [1.29, 1.82) is 5.26 Å². The van der Waals surface area contributed by atoms with Crippen molar-refractivity contribution in [2.45, 2.75) is 25.4 Å². The number of hydrogen-bond acceptors (Lipinski definition) is 2. The van der Waals surface area contributed by atoms with Gasteiger partial charge in [-0.1, -0.05) is 30.3 Å². The maximum absolute atomic E-state index is 9.29. The maximum Gasteiger partial charge on any atom is 0.0673 e. The van der Waals surface area contributed by atoms with E-state index in [0.717, 1.165) is 6.42 Å². The Balaban J connectivity index is 2.32. The Kier molecular flexibility index (Phi) is 4.01. The Morgan fingerprint density at radius 3 is 2.62 bits per heavy atom. The molecule has 0 fully saturated rings. The van der Waals surface area contributed by atoms with E-state index in [-0.39, 0.29) is 6.42 Å². The first-order valence-electron chi connectivity index (χ1n) is 4.42. The molecule has 0 aliphatic rings. The van der Waals surface area contributed by atoms with Crippen LogP contribution in [0.1, 0.15) is 18.4 Å². The lowest BCUT2D eigenvalue weighted by Gasteiger charge is -2.05. The number of nitrogens with zero attached hydrogens (tertiary/aromatic N) is 1. The molecule has 0 aromatic heterocycles. The number of aliphatic hydroxyl groups is 1. The lowest BCUT2D eigenvalue weighted by atomic mass is 10.1. The van der Waals surface area contributed by atoms with E-state index >= 15 is 0 Å². The van der Waals surface area contributed by atoms with Gasteiger partial charge in [-0.05, 0) is 18.4 Å². The molecule has 68 valence electrons. The Hall–Kier alpha value is -1.33. The molecule has 13 heavy (non-hydrogen) atoms. The minimum absolute atomic E-state index is 0.229. The highest BCUT2D eigenvalue weighted by Crippen LogP contribution is 2.06. The average molecular weight is 175 g/mol. The van der Waals surface area contributed by atoms with Crippen LogP contribution >= 0.6 is 0 Å². The smallest absolute Gasteiger partial charge is 0.0673 e. The molecule has 0 saturated carbocycles. The second-order valence-corrected chi connectivity index (χ2v) is 3.04. The molecule has 0 heterocycles. The SMILES string of the molecule is N#CC[C@H](O)CCc1ccccc1. The lowest BCUT2D eigenvalue weighted by molar-refractivity contribution is 0.170. The van der Waals surface area contributed by atoms with Crippen molar-refractivity contribution in [3.63, 3.8) is 0 Å². The Bertz CT molecular complexity index is 276. The van der Waals surface area contributed by atoms with Crippen LogP contribution in [-0.4, -0.2) is 11.2 Å². The molecule has 0 bridgehead atoms. The van der Waals surface area contributed by atoms with Gasteiger partial charge < -0.3 is 5.11 Å². The number of aliphatic hydroxyl groups excluding tert-OH is 1. The van der Waals surface area contributed by atoms with E-state index in [2.05, 4.69) is 0 Å². The molecule has 1 aromatic carbocycles. The molecule has 0 unspecified atom stereocenters. The third-order valence-corrected chi connectivity index (χ3v) is 1.94. The summed E-state index contributed by atoms with van der Waals surface area (Å²) in [4.78, 5) is 0. The average Bonchev–Trinajstić information content (AvgIpc) is 2.17. The van der Waals surface area contributed by atoms with Crippen LogP contribution < -0.4 is 0 Å². The van der Waals surface area contributed by atoms with Crippen molar-refractivity contribution in [2.24, 2.45) is 0 Å². The molecule has 0 aliphatic heterocycles. The van der Waals surface area contributed by atoms with Gasteiger partial charge in [-0.2, -0.15) is 5.26 Å². The second-order valence-electron chi connectivity index (χ2n) is 3.04. The fourth-order valence-electron chi connectivity index (χ4n) is 1.19. The van der Waals surface area contributed by atoms with Gasteiger partial charge in [-0.15, -0.1) is 0 Å². The van der Waals surface area contributed by atoms with Crippen molar-refractivity contribution in [1.82, 2.24) is 0 Å². The zero-order valence-corrected chi connectivity index (χ0v) is 7.48. The Morgan fingerprint density at radius 2 is 2.00 bits per heavy atom. The van der Waals surface area contributed by atoms with E-state index in [1.54, 1.807) is 0 Å². The van der Waals surface area contributed by atoms with Gasteiger partial charge in [0, 0.05) is 0 Å². The molecule has 0 saturated heterocycles. The molecule has 0 aliphatic carbocycles. The molecule has 1 rings (SSSR count). The molecular formula is C11H13NO. The predicted molar refractivity (Wildman–Crippen MR) is 51.0 cm³/mol. The van der Waals surface area contributed by atoms with Crippen molar-refractivity contribution < 1.29 is 5.11 Å². The van der Waals surface area contributed by atoms with Gasteiger partial charge in [0.1, 0.15) is 0 Å². The van der Waals surface area contributed by atoms with E-state index in [0.29, 0.717) is 6.42 Å². The number of nitriles is 1. The largest absolute Gasteiger partial charge is 0.392 e. The van der Waals surface area contributed by atoms with Gasteiger partial charge in [-0.25, -0.2) is 0 Å². The van der Waals surface area contributed by atoms with E-state index in [9.17, 15) is 5.11 Å². The molecule has 0 amide bonds. The molecule has 2 heteroatoms. The lowest BCUT2D eigenvalue weighted by Crippen LogP contribution is -2.06. The van der Waals surface area contributed by atoms with Crippen LogP contribution in [0.5, 0.6) is 0 Å². The van der Waals surface area contributed by atoms with Gasteiger partial charge in [0.2, 0.25) is 0 Å². The summed E-state index contributed by atoms with van der Waals surface area (Å²) in [6.07, 6.45) is 1.25. The van der Waals surface area contributed by atoms with Crippen LogP contribution in [0.4, 0.5) is 0 Å². The van der Waals surface area contributed by atoms with E-state index in [4.69, 9.17) is 5.26 Å². The normalized spacial score (nSPS) is 12.0. The summed E-state index contributed by atoms with van der Waals surface area (Å²) in [5.74, 6) is 0. The minimum atomic E-state index is -0.481. The standard InChI is InChI=1S/C11H13NO/c12-9-8-11(13)7-6-10-4-2-1-3-5-10/h1-5,11,13H,6-8H2/t11-/m1/s1. The fraction of sp³-hybridized carbons (Fsp3) is 0.364. The van der Waals surface area contributed by atoms with Gasteiger partial charge >= 0.3 is 0 Å². The zero-order chi connectivity index (χ0) is 9.52. The number of rotatable bonds is 4. The first-order chi connectivity index (χ1) is 6.33. The van der Waals surface area contributed by atoms with Gasteiger partial charge in [0.15, 0.2) is 0 Å². The molecule has 0 radical (unpaired) electrons. The van der Waals surface area contributed by atoms with E-state index in [1.165, 1.54) is 5.56 Å². The molecule has 1 N–H and O–H groups in total. The monoisotopic (exact) mass is 175 g/mol. The van der Waals surface area contributed by atoms with Gasteiger partial charge in [0.05, 0.1) is 18.6 Å². The molecular weight excluding hydrogens is 162 g/mol. The third-order valence-electron chi connectivity index (χ3n) is 1.94. The highest BCUT2D eigenvalue weighted by molar-refractivity contribution is 5.14. The number of hydrogen-bond donors (Lipinski definition) is 1. The first-order valence-corrected chi connectivity index (χ1v) is 4.42. The fourth-order valence-corrected chi connectivity index (χ4v) is 1.19. The van der Waals surface area contributed by atoms with Crippen LogP contribution in [0.3, 0.4) is 0 Å². The summed E-state index contributed by atoms with van der Waals surface area (Å²) in [5.41, 5.74) is 1.21. The molecule has 1 atom stereocenters. The van der Waals surface area contributed by atoms with Crippen molar-refractivity contribution in [2.75, 3.05) is 0 Å². The summed E-state index contributed by atoms with van der Waals surface area (Å²) in [5, 5.41) is 17.6. The van der Waals surface area contributed by atoms with E-state index < -0.39 is 6.10 Å². The van der Waals surface area contributed by atoms with Crippen molar-refractivity contribution >= 4 is 0 Å². The highest BCUT2D eigenvalue weighted by Gasteiger charge is 2.02. The Morgan fingerprint density at radius 1 is 1.31 bits per heavy atom. The number of aryl methyl sites for hydroxylation is 1. The van der Waals surface area contributed by atoms with Crippen molar-refractivity contribution in [3.05, 3.63) is 35.9 Å². The summed E-state index contributed by atoms with van der Waals surface area (Å²) in [7, 11) is 0. The maximum atomic E-state index is 9.29. The predicted octanol–water partition coefficient (Wildman–Crippen LogP) is 1.89. The van der Waals surface area contributed by atoms with Gasteiger partial charge in [0.25, 0.3) is 0 Å². The second kappa shape index (κ2) is 5.34. The van der Waals surface area contributed by atoms with Crippen molar-refractivity contribution in [3.8, 4) is 6.07 Å². The highest BCUT2D eigenvalue weighted by atomic mass is 16.3. The quantitative estimate of drug-likeness (QED) is 0.759. The van der Waals surface area contributed by atoms with Crippen LogP contribution in [0.15, 0.2) is 30.3 Å². The van der Waals surface area contributed by atoms with Crippen LogP contribution in [0, 0.1) is 11.3 Å². The molecule has 1 aromatic rings. The van der Waals surface area contributed by atoms with Crippen LogP contribution in [0.2, 0.25) is 0 Å². The summed E-state index contributed by atoms with van der Waals surface area (Å²) in [6, 6.07) is 11.9. The minimum Gasteiger partial charge on any atom is -0.392 e. The number of benzene rings is 1.